The van der Waals surface area contributed by atoms with Crippen molar-refractivity contribution in [2.45, 2.75) is 96.9 Å². The Labute approximate surface area is 332 Å². The molecule has 0 N–H and O–H groups in total. The van der Waals surface area contributed by atoms with Gasteiger partial charge in [-0.3, -0.25) is 0 Å². The molecule has 0 unspecified atom stereocenters. The summed E-state index contributed by atoms with van der Waals surface area (Å²) in [7, 11) is 0. The predicted molar refractivity (Wildman–Crippen MR) is 212 cm³/mol. The Morgan fingerprint density at radius 3 is 1.81 bits per heavy atom. The SMILES string of the molecule is CC(C)(C)OC(=O)N1CCC(c2ncc(-c3cnc([N+](=O)[O-])c(OCc4ccccc4)c3)s2)CC1.CC(C)(C)OC(=O)N1CCC(c2ncc(Br)s2)CC1. The molecule has 6 rings (SSSR count). The number of ether oxygens (including phenoxy) is 3. The van der Waals surface area contributed by atoms with Gasteiger partial charge in [0.2, 0.25) is 5.75 Å². The molecule has 13 nitrogen and oxygen atoms in total. The molecular formula is C38H47BrN6O7S2. The van der Waals surface area contributed by atoms with E-state index in [2.05, 4.69) is 30.9 Å². The minimum atomic E-state index is -0.541. The molecular weight excluding hydrogens is 796 g/mol. The molecule has 290 valence electrons. The monoisotopic (exact) mass is 842 g/mol. The number of carbonyl (C=O) groups is 2. The molecule has 2 aliphatic rings. The summed E-state index contributed by atoms with van der Waals surface area (Å²) in [6.07, 6.45) is 8.13. The highest BCUT2D eigenvalue weighted by Gasteiger charge is 2.30. The molecule has 5 heterocycles. The second kappa shape index (κ2) is 18.0. The smallest absolute Gasteiger partial charge is 0.410 e. The van der Waals surface area contributed by atoms with Crippen LogP contribution in [0, 0.1) is 10.1 Å². The number of rotatable bonds is 7. The number of aromatic nitrogens is 3. The molecule has 16 heteroatoms. The van der Waals surface area contributed by atoms with E-state index in [0.717, 1.165) is 63.0 Å². The second-order valence-electron chi connectivity index (χ2n) is 15.1. The number of nitrogens with zero attached hydrogens (tertiary/aromatic N) is 6. The standard InChI is InChI=1S/C25H28N4O5S.C13H19BrN2O2S/c1-25(2,3)34-24(30)28-11-9-18(10-12-28)23-27-15-21(35-23)19-13-20(22(26-14-19)29(31)32)33-16-17-7-5-4-6-8-17;1-13(2,3)18-12(17)16-6-4-9(5-7-16)11-15-8-10(14)19-11/h4-8,13-15,18H,9-12,16H2,1-3H3;8-9H,4-7H2,1-3H3. The highest BCUT2D eigenvalue weighted by atomic mass is 79.9. The molecule has 54 heavy (non-hydrogen) atoms. The summed E-state index contributed by atoms with van der Waals surface area (Å²) in [6, 6.07) is 11.1. The third-order valence-electron chi connectivity index (χ3n) is 8.54. The number of hydrogen-bond donors (Lipinski definition) is 0. The Hall–Kier alpha value is -4.15. The molecule has 2 fully saturated rings. The van der Waals surface area contributed by atoms with Gasteiger partial charge in [-0.2, -0.15) is 0 Å². The summed E-state index contributed by atoms with van der Waals surface area (Å²) in [4.78, 5) is 52.6. The minimum absolute atomic E-state index is 0.122. The fourth-order valence-corrected chi connectivity index (χ4v) is 8.37. The summed E-state index contributed by atoms with van der Waals surface area (Å²) < 4.78 is 17.7. The number of benzene rings is 1. The van der Waals surface area contributed by atoms with Crippen molar-refractivity contribution in [3.8, 4) is 16.2 Å². The molecule has 0 spiro atoms. The predicted octanol–water partition coefficient (Wildman–Crippen LogP) is 9.83. The van der Waals surface area contributed by atoms with Crippen molar-refractivity contribution in [2.24, 2.45) is 0 Å². The first-order chi connectivity index (χ1) is 25.5. The van der Waals surface area contributed by atoms with Crippen LogP contribution < -0.4 is 4.74 Å². The summed E-state index contributed by atoms with van der Waals surface area (Å²) in [5, 5.41) is 13.6. The van der Waals surface area contributed by atoms with Crippen LogP contribution >= 0.6 is 38.6 Å². The average molecular weight is 844 g/mol. The molecule has 0 saturated carbocycles. The van der Waals surface area contributed by atoms with Gasteiger partial charge in [-0.05, 0) is 98.6 Å². The van der Waals surface area contributed by atoms with Gasteiger partial charge in [0.15, 0.2) is 0 Å². The minimum Gasteiger partial charge on any atom is -0.481 e. The fourth-order valence-electron chi connectivity index (χ4n) is 5.89. The Bertz CT molecular complexity index is 1880. The number of likely N-dealkylation sites (tertiary alicyclic amines) is 2. The molecule has 2 aliphatic heterocycles. The maximum atomic E-state index is 12.3. The molecule has 4 aromatic rings. The Balaban J connectivity index is 0.000000249. The van der Waals surface area contributed by atoms with Gasteiger partial charge in [0.25, 0.3) is 0 Å². The van der Waals surface area contributed by atoms with E-state index in [0.29, 0.717) is 24.6 Å². The lowest BCUT2D eigenvalue weighted by Crippen LogP contribution is -2.41. The zero-order chi connectivity index (χ0) is 39.0. The highest BCUT2D eigenvalue weighted by molar-refractivity contribution is 9.11. The first kappa shape index (κ1) is 41.0. The van der Waals surface area contributed by atoms with Crippen LogP contribution in [0.5, 0.6) is 5.75 Å². The van der Waals surface area contributed by atoms with Gasteiger partial charge in [0.1, 0.15) is 24.0 Å². The van der Waals surface area contributed by atoms with Gasteiger partial charge in [-0.15, -0.1) is 22.7 Å². The Morgan fingerprint density at radius 1 is 0.815 bits per heavy atom. The zero-order valence-corrected chi connectivity index (χ0v) is 34.7. The second-order valence-corrected chi connectivity index (χ2v) is 18.6. The van der Waals surface area contributed by atoms with Crippen LogP contribution in [0.1, 0.15) is 94.6 Å². The van der Waals surface area contributed by atoms with E-state index in [1.807, 2.05) is 78.1 Å². The third-order valence-corrected chi connectivity index (χ3v) is 11.4. The van der Waals surface area contributed by atoms with Crippen LogP contribution in [0.4, 0.5) is 15.4 Å². The van der Waals surface area contributed by atoms with Gasteiger partial charge in [0, 0.05) is 55.8 Å². The van der Waals surface area contributed by atoms with Gasteiger partial charge < -0.3 is 34.1 Å². The number of thiazole rings is 2. The van der Waals surface area contributed by atoms with Crippen LogP contribution in [0.2, 0.25) is 0 Å². The number of piperidine rings is 2. The van der Waals surface area contributed by atoms with Crippen molar-refractivity contribution in [1.29, 1.82) is 0 Å². The van der Waals surface area contributed by atoms with Gasteiger partial charge >= 0.3 is 18.0 Å². The first-order valence-corrected chi connectivity index (χ1v) is 20.3. The Kier molecular flexibility index (Phi) is 13.7. The van der Waals surface area contributed by atoms with Crippen LogP contribution in [-0.4, -0.2) is 79.2 Å². The van der Waals surface area contributed by atoms with E-state index < -0.39 is 16.1 Å². The van der Waals surface area contributed by atoms with E-state index in [9.17, 15) is 19.7 Å². The van der Waals surface area contributed by atoms with E-state index in [1.165, 1.54) is 17.5 Å². The quantitative estimate of drug-likeness (QED) is 0.130. The molecule has 0 radical (unpaired) electrons. The maximum absolute atomic E-state index is 12.3. The molecule has 0 atom stereocenters. The number of halogens is 1. The Morgan fingerprint density at radius 2 is 1.33 bits per heavy atom. The van der Waals surface area contributed by atoms with E-state index in [-0.39, 0.29) is 36.3 Å². The molecule has 2 amide bonds. The van der Waals surface area contributed by atoms with Crippen LogP contribution in [0.3, 0.4) is 0 Å². The summed E-state index contributed by atoms with van der Waals surface area (Å²) in [5.74, 6) is 0.517. The van der Waals surface area contributed by atoms with Crippen molar-refractivity contribution >= 4 is 56.6 Å². The molecule has 1 aromatic carbocycles. The van der Waals surface area contributed by atoms with Gasteiger partial charge in [-0.1, -0.05) is 30.3 Å². The van der Waals surface area contributed by atoms with Crippen molar-refractivity contribution in [1.82, 2.24) is 24.8 Å². The number of carbonyl (C=O) groups excluding carboxylic acids is 2. The highest BCUT2D eigenvalue weighted by Crippen LogP contribution is 2.38. The molecule has 0 bridgehead atoms. The molecule has 0 aliphatic carbocycles. The van der Waals surface area contributed by atoms with Gasteiger partial charge in [0.05, 0.1) is 24.9 Å². The number of pyridine rings is 1. The van der Waals surface area contributed by atoms with E-state index in [1.54, 1.807) is 33.4 Å². The van der Waals surface area contributed by atoms with Gasteiger partial charge in [-0.25, -0.2) is 19.6 Å². The van der Waals surface area contributed by atoms with Crippen molar-refractivity contribution in [2.75, 3.05) is 26.2 Å². The lowest BCUT2D eigenvalue weighted by atomic mass is 9.98. The van der Waals surface area contributed by atoms with Crippen LogP contribution in [0.25, 0.3) is 10.4 Å². The number of amides is 2. The van der Waals surface area contributed by atoms with Crippen LogP contribution in [0.15, 0.2) is 58.8 Å². The van der Waals surface area contributed by atoms with Crippen molar-refractivity contribution < 1.29 is 28.7 Å². The van der Waals surface area contributed by atoms with Crippen molar-refractivity contribution in [3.05, 3.63) is 84.5 Å². The topological polar surface area (TPSA) is 150 Å². The summed E-state index contributed by atoms with van der Waals surface area (Å²) in [5.41, 5.74) is 0.688. The maximum Gasteiger partial charge on any atom is 0.410 e. The summed E-state index contributed by atoms with van der Waals surface area (Å²) >= 11 is 6.66. The number of hydrogen-bond acceptors (Lipinski definition) is 12. The van der Waals surface area contributed by atoms with E-state index in [4.69, 9.17) is 14.2 Å². The molecule has 3 aromatic heterocycles. The zero-order valence-electron chi connectivity index (χ0n) is 31.5. The first-order valence-electron chi connectivity index (χ1n) is 17.9. The van der Waals surface area contributed by atoms with Crippen LogP contribution in [-0.2, 0) is 16.1 Å². The van der Waals surface area contributed by atoms with Crippen molar-refractivity contribution in [3.63, 3.8) is 0 Å². The third kappa shape index (κ3) is 11.9. The molecule has 2 saturated heterocycles. The van der Waals surface area contributed by atoms with E-state index >= 15 is 0 Å². The average Bonchev–Trinajstić information content (AvgIpc) is 3.80. The lowest BCUT2D eigenvalue weighted by molar-refractivity contribution is -0.390. The largest absolute Gasteiger partial charge is 0.481 e. The fraction of sp³-hybridized carbons (Fsp3) is 0.500. The summed E-state index contributed by atoms with van der Waals surface area (Å²) in [6.45, 7) is 14.2. The normalized spacial score (nSPS) is 15.6. The number of nitro groups is 1. The lowest BCUT2D eigenvalue weighted by Gasteiger charge is -2.32.